The first-order chi connectivity index (χ1) is 18.3. The summed E-state index contributed by atoms with van der Waals surface area (Å²) in [6, 6.07) is 19.1. The molecule has 9 heteroatoms. The van der Waals surface area contributed by atoms with Gasteiger partial charge in [0, 0.05) is 36.8 Å². The first kappa shape index (κ1) is 25.7. The molecular formula is C29H29N3O5S. The van der Waals surface area contributed by atoms with Gasteiger partial charge in [-0.05, 0) is 77.9 Å². The van der Waals surface area contributed by atoms with Gasteiger partial charge in [0.25, 0.3) is 5.91 Å². The molecule has 5 rings (SSSR count). The van der Waals surface area contributed by atoms with Crippen molar-refractivity contribution in [2.75, 3.05) is 6.54 Å². The summed E-state index contributed by atoms with van der Waals surface area (Å²) < 4.78 is 31.6. The molecule has 0 bridgehead atoms. The number of para-hydroxylation sites is 1. The number of rotatable bonds is 8. The molecule has 1 atom stereocenters. The van der Waals surface area contributed by atoms with Crippen LogP contribution in [0.1, 0.15) is 34.7 Å². The predicted molar refractivity (Wildman–Crippen MR) is 145 cm³/mol. The molecule has 1 aromatic heterocycles. The number of aromatic nitrogens is 1. The molecule has 0 fully saturated rings. The lowest BCUT2D eigenvalue weighted by Crippen LogP contribution is -2.35. The fraction of sp³-hybridized carbons (Fsp3) is 0.207. The van der Waals surface area contributed by atoms with Crippen LogP contribution in [0, 0.1) is 0 Å². The zero-order valence-electron chi connectivity index (χ0n) is 20.9. The Labute approximate surface area is 221 Å². The van der Waals surface area contributed by atoms with Crippen LogP contribution in [-0.4, -0.2) is 40.1 Å². The van der Waals surface area contributed by atoms with E-state index >= 15 is 0 Å². The molecule has 4 aromatic rings. The molecule has 1 aliphatic rings. The highest BCUT2D eigenvalue weighted by Crippen LogP contribution is 2.40. The molecule has 0 saturated carbocycles. The van der Waals surface area contributed by atoms with Crippen molar-refractivity contribution in [2.24, 2.45) is 7.05 Å². The summed E-state index contributed by atoms with van der Waals surface area (Å²) in [6.45, 7) is 0.291. The Morgan fingerprint density at radius 2 is 1.89 bits per heavy atom. The number of sulfonamides is 1. The van der Waals surface area contributed by atoms with Gasteiger partial charge in [-0.3, -0.25) is 10.0 Å². The molecule has 8 nitrogen and oxygen atoms in total. The number of fused-ring (bicyclic) bond motifs is 2. The summed E-state index contributed by atoms with van der Waals surface area (Å²) >= 11 is 0. The van der Waals surface area contributed by atoms with E-state index < -0.39 is 15.9 Å². The average Bonchev–Trinajstić information content (AvgIpc) is 3.48. The topological polar surface area (TPSA) is 112 Å². The van der Waals surface area contributed by atoms with Gasteiger partial charge in [-0.1, -0.05) is 36.4 Å². The number of aromatic hydroxyl groups is 1. The molecule has 1 unspecified atom stereocenters. The number of amides is 1. The third-order valence-electron chi connectivity index (χ3n) is 7.12. The van der Waals surface area contributed by atoms with Crippen LogP contribution < -0.4 is 5.48 Å². The van der Waals surface area contributed by atoms with Crippen molar-refractivity contribution in [2.45, 2.75) is 30.2 Å². The fourth-order valence-electron chi connectivity index (χ4n) is 5.28. The van der Waals surface area contributed by atoms with Crippen LogP contribution in [-0.2, 0) is 34.7 Å². The number of hydrogen-bond acceptors (Lipinski definition) is 5. The van der Waals surface area contributed by atoms with Crippen LogP contribution in [0.2, 0.25) is 0 Å². The van der Waals surface area contributed by atoms with Crippen molar-refractivity contribution in [1.82, 2.24) is 14.4 Å². The number of hydroxylamine groups is 1. The number of benzene rings is 3. The predicted octanol–water partition coefficient (Wildman–Crippen LogP) is 4.32. The molecular weight excluding hydrogens is 502 g/mol. The lowest BCUT2D eigenvalue weighted by atomic mass is 10.0. The van der Waals surface area contributed by atoms with E-state index in [0.717, 1.165) is 33.2 Å². The monoisotopic (exact) mass is 531 g/mol. The molecule has 0 saturated heterocycles. The maximum atomic E-state index is 14.0. The molecule has 1 amide bonds. The van der Waals surface area contributed by atoms with Gasteiger partial charge in [0.2, 0.25) is 10.0 Å². The lowest BCUT2D eigenvalue weighted by molar-refractivity contribution is -0.124. The Hall–Kier alpha value is -3.92. The summed E-state index contributed by atoms with van der Waals surface area (Å²) in [4.78, 5) is 11.5. The van der Waals surface area contributed by atoms with Gasteiger partial charge >= 0.3 is 0 Å². The molecule has 196 valence electrons. The maximum Gasteiger partial charge on any atom is 0.267 e. The second-order valence-electron chi connectivity index (χ2n) is 9.46. The standard InChI is InChI=1S/C29H29N3O5S/c1-31-19-22(25-4-2-3-5-27(25)31)16-17-32(38(36,37)24-11-9-23(33)10-12-24)28-14-8-21-18-20(6-13-26(21)28)7-15-29(34)30-35/h2-7,9-13,15,18-19,28,33,35H,8,14,16-17H2,1H3,(H,30,34). The van der Waals surface area contributed by atoms with E-state index in [-0.39, 0.29) is 16.7 Å². The number of hydrogen-bond donors (Lipinski definition) is 3. The van der Waals surface area contributed by atoms with Crippen LogP contribution in [0.3, 0.4) is 0 Å². The van der Waals surface area contributed by atoms with Gasteiger partial charge in [0.15, 0.2) is 0 Å². The van der Waals surface area contributed by atoms with Crippen molar-refractivity contribution < 1.29 is 23.5 Å². The van der Waals surface area contributed by atoms with Crippen molar-refractivity contribution in [3.05, 3.63) is 101 Å². The number of phenols is 1. The van der Waals surface area contributed by atoms with E-state index in [1.165, 1.54) is 30.3 Å². The molecule has 0 radical (unpaired) electrons. The van der Waals surface area contributed by atoms with Gasteiger partial charge in [-0.2, -0.15) is 4.31 Å². The summed E-state index contributed by atoms with van der Waals surface area (Å²) in [6.07, 6.45) is 6.77. The molecule has 1 aliphatic carbocycles. The van der Waals surface area contributed by atoms with Gasteiger partial charge in [-0.15, -0.1) is 0 Å². The Bertz CT molecular complexity index is 1620. The number of phenolic OH excluding ortho intramolecular Hbond substituents is 1. The number of aryl methyl sites for hydroxylation is 2. The SMILES string of the molecule is Cn1cc(CCN(C2CCc3cc(C=CC(=O)NO)ccc32)S(=O)(=O)c2ccc(O)cc2)c2ccccc21. The molecule has 0 spiro atoms. The first-order valence-corrected chi connectivity index (χ1v) is 13.8. The Balaban J connectivity index is 1.50. The molecule has 3 aromatic carbocycles. The summed E-state index contributed by atoms with van der Waals surface area (Å²) in [5.74, 6) is -0.615. The minimum atomic E-state index is -3.87. The minimum absolute atomic E-state index is 0.00734. The second-order valence-corrected chi connectivity index (χ2v) is 11.4. The molecule has 0 aliphatic heterocycles. The van der Waals surface area contributed by atoms with E-state index in [4.69, 9.17) is 5.21 Å². The summed E-state index contributed by atoms with van der Waals surface area (Å²) in [5, 5.41) is 19.5. The number of nitrogens with one attached hydrogen (secondary N) is 1. The maximum absolute atomic E-state index is 14.0. The quantitative estimate of drug-likeness (QED) is 0.178. The molecule has 38 heavy (non-hydrogen) atoms. The third-order valence-corrected chi connectivity index (χ3v) is 9.04. The third kappa shape index (κ3) is 4.96. The van der Waals surface area contributed by atoms with Crippen LogP contribution in [0.15, 0.2) is 83.9 Å². The Morgan fingerprint density at radius 3 is 2.66 bits per heavy atom. The van der Waals surface area contributed by atoms with Gasteiger partial charge < -0.3 is 9.67 Å². The summed E-state index contributed by atoms with van der Waals surface area (Å²) in [5.41, 5.74) is 6.50. The van der Waals surface area contributed by atoms with E-state index in [9.17, 15) is 18.3 Å². The molecule has 1 heterocycles. The zero-order valence-corrected chi connectivity index (χ0v) is 21.7. The van der Waals surface area contributed by atoms with E-state index in [0.29, 0.717) is 25.8 Å². The van der Waals surface area contributed by atoms with Crippen molar-refractivity contribution >= 4 is 32.9 Å². The van der Waals surface area contributed by atoms with Gasteiger partial charge in [-0.25, -0.2) is 13.9 Å². The minimum Gasteiger partial charge on any atom is -0.508 e. The van der Waals surface area contributed by atoms with E-state index in [1.54, 1.807) is 15.9 Å². The highest BCUT2D eigenvalue weighted by atomic mass is 32.2. The van der Waals surface area contributed by atoms with Gasteiger partial charge in [0.1, 0.15) is 5.75 Å². The van der Waals surface area contributed by atoms with Gasteiger partial charge in [0.05, 0.1) is 10.9 Å². The highest BCUT2D eigenvalue weighted by Gasteiger charge is 2.36. The van der Waals surface area contributed by atoms with Crippen LogP contribution >= 0.6 is 0 Å². The zero-order chi connectivity index (χ0) is 26.9. The first-order valence-electron chi connectivity index (χ1n) is 12.4. The van der Waals surface area contributed by atoms with Crippen LogP contribution in [0.5, 0.6) is 5.75 Å². The van der Waals surface area contributed by atoms with Crippen LogP contribution in [0.4, 0.5) is 0 Å². The van der Waals surface area contributed by atoms with Crippen molar-refractivity contribution in [1.29, 1.82) is 0 Å². The normalized spacial score (nSPS) is 15.4. The fourth-order valence-corrected chi connectivity index (χ4v) is 6.92. The van der Waals surface area contributed by atoms with E-state index in [1.807, 2.05) is 43.4 Å². The lowest BCUT2D eigenvalue weighted by Gasteiger charge is -2.29. The average molecular weight is 532 g/mol. The molecule has 3 N–H and O–H groups in total. The summed E-state index contributed by atoms with van der Waals surface area (Å²) in [7, 11) is -1.89. The highest BCUT2D eigenvalue weighted by molar-refractivity contribution is 7.89. The second kappa shape index (κ2) is 10.4. The smallest absolute Gasteiger partial charge is 0.267 e. The number of carbonyl (C=O) groups excluding carboxylic acids is 1. The number of nitrogens with zero attached hydrogens (tertiary/aromatic N) is 2. The Kier molecular flexibility index (Phi) is 7.07. The van der Waals surface area contributed by atoms with Crippen molar-refractivity contribution in [3.8, 4) is 5.75 Å². The van der Waals surface area contributed by atoms with E-state index in [2.05, 4.69) is 16.8 Å². The Morgan fingerprint density at radius 1 is 1.13 bits per heavy atom. The van der Waals surface area contributed by atoms with Crippen LogP contribution in [0.25, 0.3) is 17.0 Å². The van der Waals surface area contributed by atoms with Crippen molar-refractivity contribution in [3.63, 3.8) is 0 Å². The number of carbonyl (C=O) groups is 1. The largest absolute Gasteiger partial charge is 0.508 e.